The summed E-state index contributed by atoms with van der Waals surface area (Å²) in [7, 11) is 0. The van der Waals surface area contributed by atoms with Gasteiger partial charge in [-0.1, -0.05) is 19.4 Å². The Kier molecular flexibility index (Phi) is 8.82. The van der Waals surface area contributed by atoms with E-state index in [0.717, 1.165) is 18.4 Å². The van der Waals surface area contributed by atoms with Crippen LogP contribution in [-0.2, 0) is 6.54 Å². The lowest BCUT2D eigenvalue weighted by atomic mass is 10.2. The van der Waals surface area contributed by atoms with Crippen molar-refractivity contribution in [3.63, 3.8) is 0 Å². The zero-order valence-electron chi connectivity index (χ0n) is 16.6. The van der Waals surface area contributed by atoms with Gasteiger partial charge in [-0.15, -0.1) is 0 Å². The van der Waals surface area contributed by atoms with Gasteiger partial charge in [-0.25, -0.2) is 9.98 Å². The molecule has 1 aliphatic heterocycles. The molecule has 0 amide bonds. The van der Waals surface area contributed by atoms with Crippen LogP contribution in [0.1, 0.15) is 38.7 Å². The molecule has 1 aromatic rings. The van der Waals surface area contributed by atoms with Crippen LogP contribution in [0, 0.1) is 0 Å². The molecule has 1 aromatic heterocycles. The Morgan fingerprint density at radius 2 is 2.21 bits per heavy atom. The van der Waals surface area contributed by atoms with E-state index in [0.29, 0.717) is 51.0 Å². The number of alkyl halides is 3. The predicted molar refractivity (Wildman–Crippen MR) is 103 cm³/mol. The van der Waals surface area contributed by atoms with E-state index in [1.54, 1.807) is 6.20 Å². The van der Waals surface area contributed by atoms with Gasteiger partial charge in [-0.05, 0) is 25.8 Å². The summed E-state index contributed by atoms with van der Waals surface area (Å²) in [5, 5.41) is 6.39. The zero-order valence-corrected chi connectivity index (χ0v) is 16.6. The largest absolute Gasteiger partial charge is 0.477 e. The highest BCUT2D eigenvalue weighted by Crippen LogP contribution is 2.20. The molecule has 0 bridgehead atoms. The fourth-order valence-electron chi connectivity index (χ4n) is 3.01. The molecule has 0 saturated carbocycles. The highest BCUT2D eigenvalue weighted by molar-refractivity contribution is 5.80. The van der Waals surface area contributed by atoms with E-state index in [4.69, 9.17) is 4.74 Å². The molecular weight excluding hydrogens is 371 g/mol. The van der Waals surface area contributed by atoms with Gasteiger partial charge in [0.1, 0.15) is 0 Å². The molecule has 0 spiro atoms. The summed E-state index contributed by atoms with van der Waals surface area (Å²) in [5.74, 6) is 1.16. The lowest BCUT2D eigenvalue weighted by Gasteiger charge is -2.19. The minimum absolute atomic E-state index is 0.0608. The van der Waals surface area contributed by atoms with Crippen molar-refractivity contribution >= 4 is 5.96 Å². The Labute approximate surface area is 164 Å². The van der Waals surface area contributed by atoms with Crippen molar-refractivity contribution in [2.75, 3.05) is 32.8 Å². The maximum atomic E-state index is 12.6. The molecule has 0 aliphatic carbocycles. The number of ether oxygens (including phenoxy) is 1. The van der Waals surface area contributed by atoms with Gasteiger partial charge in [0.05, 0.1) is 19.7 Å². The van der Waals surface area contributed by atoms with Crippen LogP contribution in [0.5, 0.6) is 5.88 Å². The molecular formula is C19H30F3N5O. The third-order valence-corrected chi connectivity index (χ3v) is 4.35. The maximum Gasteiger partial charge on any atom is 0.401 e. The summed E-state index contributed by atoms with van der Waals surface area (Å²) in [6, 6.07) is 3.69. The van der Waals surface area contributed by atoms with Crippen LogP contribution in [0.15, 0.2) is 23.3 Å². The fraction of sp³-hybridized carbons (Fsp3) is 0.684. The summed E-state index contributed by atoms with van der Waals surface area (Å²) >= 11 is 0. The molecule has 28 heavy (non-hydrogen) atoms. The smallest absolute Gasteiger partial charge is 0.401 e. The second kappa shape index (κ2) is 11.1. The van der Waals surface area contributed by atoms with Gasteiger partial charge in [0.25, 0.3) is 0 Å². The Bertz CT molecular complexity index is 624. The predicted octanol–water partition coefficient (Wildman–Crippen LogP) is 2.95. The first-order valence-electron chi connectivity index (χ1n) is 9.82. The number of rotatable bonds is 9. The first-order valence-corrected chi connectivity index (χ1v) is 9.82. The highest BCUT2D eigenvalue weighted by atomic mass is 19.4. The molecule has 1 fully saturated rings. The molecule has 0 radical (unpaired) electrons. The van der Waals surface area contributed by atoms with Crippen molar-refractivity contribution in [2.24, 2.45) is 4.99 Å². The van der Waals surface area contributed by atoms with Crippen LogP contribution >= 0.6 is 0 Å². The van der Waals surface area contributed by atoms with E-state index in [2.05, 4.69) is 27.5 Å². The minimum atomic E-state index is -4.16. The topological polar surface area (TPSA) is 61.8 Å². The molecule has 2 heterocycles. The van der Waals surface area contributed by atoms with Crippen LogP contribution in [0.25, 0.3) is 0 Å². The van der Waals surface area contributed by atoms with E-state index in [9.17, 15) is 13.2 Å². The highest BCUT2D eigenvalue weighted by Gasteiger charge is 2.34. The van der Waals surface area contributed by atoms with Gasteiger partial charge < -0.3 is 15.4 Å². The molecule has 2 rings (SSSR count). The Morgan fingerprint density at radius 1 is 1.39 bits per heavy atom. The van der Waals surface area contributed by atoms with E-state index >= 15 is 0 Å². The van der Waals surface area contributed by atoms with Crippen LogP contribution in [-0.4, -0.2) is 60.8 Å². The number of guanidine groups is 1. The van der Waals surface area contributed by atoms with Crippen molar-refractivity contribution in [3.05, 3.63) is 23.9 Å². The van der Waals surface area contributed by atoms with Gasteiger partial charge in [-0.2, -0.15) is 13.2 Å². The molecule has 9 heteroatoms. The summed E-state index contributed by atoms with van der Waals surface area (Å²) in [6.07, 6.45) is 0.174. The van der Waals surface area contributed by atoms with Crippen molar-refractivity contribution in [2.45, 2.75) is 51.9 Å². The van der Waals surface area contributed by atoms with E-state index < -0.39 is 12.7 Å². The molecule has 1 saturated heterocycles. The zero-order chi connectivity index (χ0) is 20.4. The summed E-state index contributed by atoms with van der Waals surface area (Å²) in [5.41, 5.74) is 0.876. The number of likely N-dealkylation sites (tertiary alicyclic amines) is 1. The molecule has 1 unspecified atom stereocenters. The monoisotopic (exact) mass is 401 g/mol. The van der Waals surface area contributed by atoms with E-state index in [1.165, 1.54) is 4.90 Å². The number of aliphatic imine (C=N–C) groups is 1. The van der Waals surface area contributed by atoms with Gasteiger partial charge >= 0.3 is 6.18 Å². The summed E-state index contributed by atoms with van der Waals surface area (Å²) in [4.78, 5) is 10.3. The molecule has 158 valence electrons. The third kappa shape index (κ3) is 7.92. The lowest BCUT2D eigenvalue weighted by molar-refractivity contribution is -0.143. The maximum absolute atomic E-state index is 12.6. The second-order valence-electron chi connectivity index (χ2n) is 6.85. The third-order valence-electron chi connectivity index (χ3n) is 4.35. The number of unbranched alkanes of at least 4 members (excludes halogenated alkanes) is 1. The quantitative estimate of drug-likeness (QED) is 0.379. The summed E-state index contributed by atoms with van der Waals surface area (Å²) in [6.45, 7) is 5.61. The fourth-order valence-corrected chi connectivity index (χ4v) is 3.01. The van der Waals surface area contributed by atoms with Crippen molar-refractivity contribution in [1.82, 2.24) is 20.5 Å². The molecule has 6 nitrogen and oxygen atoms in total. The molecule has 2 N–H and O–H groups in total. The number of hydrogen-bond acceptors (Lipinski definition) is 4. The average molecular weight is 401 g/mol. The normalized spacial score (nSPS) is 18.3. The Morgan fingerprint density at radius 3 is 2.93 bits per heavy atom. The number of nitrogens with one attached hydrogen (secondary N) is 2. The van der Waals surface area contributed by atoms with Gasteiger partial charge in [0.2, 0.25) is 5.88 Å². The van der Waals surface area contributed by atoms with Crippen LogP contribution < -0.4 is 15.4 Å². The molecule has 1 atom stereocenters. The number of hydrogen-bond donors (Lipinski definition) is 2. The van der Waals surface area contributed by atoms with Crippen molar-refractivity contribution in [1.29, 1.82) is 0 Å². The number of pyridine rings is 1. The van der Waals surface area contributed by atoms with Crippen molar-refractivity contribution < 1.29 is 17.9 Å². The average Bonchev–Trinajstić information content (AvgIpc) is 3.06. The lowest BCUT2D eigenvalue weighted by Crippen LogP contribution is -2.45. The number of nitrogens with zero attached hydrogens (tertiary/aromatic N) is 3. The van der Waals surface area contributed by atoms with Crippen LogP contribution in [0.4, 0.5) is 13.2 Å². The number of aromatic nitrogens is 1. The SMILES string of the molecule is CCCCOc1ncccc1CN=C(NCC)NC1CCN(CC(F)(F)F)C1. The van der Waals surface area contributed by atoms with Gasteiger partial charge in [-0.3, -0.25) is 4.90 Å². The molecule has 0 aromatic carbocycles. The standard InChI is InChI=1S/C19H30F3N5O/c1-3-5-11-28-17-15(7-6-9-24-17)12-25-18(23-4-2)26-16-8-10-27(13-16)14-19(20,21)22/h6-7,9,16H,3-5,8,10-14H2,1-2H3,(H2,23,25,26). The van der Waals surface area contributed by atoms with Crippen LogP contribution in [0.3, 0.4) is 0 Å². The van der Waals surface area contributed by atoms with Crippen molar-refractivity contribution in [3.8, 4) is 5.88 Å². The van der Waals surface area contributed by atoms with E-state index in [1.807, 2.05) is 19.1 Å². The summed E-state index contributed by atoms with van der Waals surface area (Å²) < 4.78 is 43.4. The first-order chi connectivity index (χ1) is 13.4. The van der Waals surface area contributed by atoms with Gasteiger partial charge in [0.15, 0.2) is 5.96 Å². The Hall–Kier alpha value is -2.03. The van der Waals surface area contributed by atoms with Gasteiger partial charge in [0, 0.05) is 37.4 Å². The molecule has 1 aliphatic rings. The van der Waals surface area contributed by atoms with E-state index in [-0.39, 0.29) is 6.04 Å². The minimum Gasteiger partial charge on any atom is -0.477 e. The van der Waals surface area contributed by atoms with Crippen LogP contribution in [0.2, 0.25) is 0 Å². The second-order valence-corrected chi connectivity index (χ2v) is 6.85. The Balaban J connectivity index is 1.94. The number of halogens is 3. The first kappa shape index (κ1) is 22.3.